The van der Waals surface area contributed by atoms with E-state index in [4.69, 9.17) is 27.6 Å². The van der Waals surface area contributed by atoms with Crippen LogP contribution in [0, 0.1) is 6.92 Å². The number of anilines is 1. The van der Waals surface area contributed by atoms with E-state index in [1.54, 1.807) is 13.0 Å². The van der Waals surface area contributed by atoms with E-state index >= 15 is 0 Å². The van der Waals surface area contributed by atoms with Crippen molar-refractivity contribution in [3.8, 4) is 5.75 Å². The van der Waals surface area contributed by atoms with Crippen LogP contribution in [0.2, 0.25) is 10.0 Å². The van der Waals surface area contributed by atoms with E-state index in [1.807, 2.05) is 12.1 Å². The van der Waals surface area contributed by atoms with Crippen LogP contribution in [0.1, 0.15) is 11.5 Å². The Labute approximate surface area is 150 Å². The molecule has 0 unspecified atom stereocenters. The normalized spacial score (nSPS) is 15.7. The standard InChI is InChI=1S/C17H18Cl2N2O3/c1-11-8-15(22)17(23)16(24-11)10-20-4-6-21(7-5-20)12-2-3-13(18)14(19)9-12/h2-3,8-9,23H,4-7,10H2,1H3. The van der Waals surface area contributed by atoms with Crippen LogP contribution < -0.4 is 10.3 Å². The van der Waals surface area contributed by atoms with Crippen LogP contribution in [0.25, 0.3) is 0 Å². The third-order valence-corrected chi connectivity index (χ3v) is 4.86. The second-order valence-electron chi connectivity index (χ2n) is 5.85. The zero-order valence-corrected chi connectivity index (χ0v) is 14.8. The Kier molecular flexibility index (Phi) is 5.04. The minimum Gasteiger partial charge on any atom is -0.502 e. The van der Waals surface area contributed by atoms with Gasteiger partial charge in [0, 0.05) is 37.9 Å². The number of aromatic hydroxyl groups is 1. The maximum atomic E-state index is 11.6. The molecule has 1 aliphatic rings. The molecule has 0 aliphatic carbocycles. The smallest absolute Gasteiger partial charge is 0.227 e. The molecule has 3 rings (SSSR count). The van der Waals surface area contributed by atoms with E-state index in [0.29, 0.717) is 28.1 Å². The molecule has 24 heavy (non-hydrogen) atoms. The van der Waals surface area contributed by atoms with E-state index < -0.39 is 5.43 Å². The molecule has 0 radical (unpaired) electrons. The average molecular weight is 369 g/mol. The van der Waals surface area contributed by atoms with Gasteiger partial charge in [-0.25, -0.2) is 0 Å². The fraction of sp³-hybridized carbons (Fsp3) is 0.353. The molecule has 1 aromatic carbocycles. The fourth-order valence-electron chi connectivity index (χ4n) is 2.82. The summed E-state index contributed by atoms with van der Waals surface area (Å²) >= 11 is 12.0. The van der Waals surface area contributed by atoms with Gasteiger partial charge in [-0.15, -0.1) is 0 Å². The molecule has 2 heterocycles. The minimum atomic E-state index is -0.400. The third kappa shape index (κ3) is 3.69. The van der Waals surface area contributed by atoms with Gasteiger partial charge in [-0.2, -0.15) is 0 Å². The molecule has 128 valence electrons. The molecule has 0 spiro atoms. The van der Waals surface area contributed by atoms with Crippen LogP contribution in [0.15, 0.2) is 33.5 Å². The van der Waals surface area contributed by atoms with Crippen molar-refractivity contribution in [1.29, 1.82) is 0 Å². The summed E-state index contributed by atoms with van der Waals surface area (Å²) in [6.07, 6.45) is 0. The molecule has 0 saturated carbocycles. The van der Waals surface area contributed by atoms with Crippen LogP contribution in [0.3, 0.4) is 0 Å². The van der Waals surface area contributed by atoms with Crippen molar-refractivity contribution in [2.75, 3.05) is 31.1 Å². The number of aryl methyl sites for hydroxylation is 1. The van der Waals surface area contributed by atoms with E-state index in [1.165, 1.54) is 6.07 Å². The summed E-state index contributed by atoms with van der Waals surface area (Å²) in [6, 6.07) is 6.91. The van der Waals surface area contributed by atoms with Gasteiger partial charge < -0.3 is 14.4 Å². The zero-order valence-electron chi connectivity index (χ0n) is 13.3. The average Bonchev–Trinajstić information content (AvgIpc) is 2.55. The number of rotatable bonds is 3. The first kappa shape index (κ1) is 17.1. The molecule has 2 aromatic rings. The highest BCUT2D eigenvalue weighted by molar-refractivity contribution is 6.42. The van der Waals surface area contributed by atoms with Gasteiger partial charge in [0.2, 0.25) is 11.2 Å². The van der Waals surface area contributed by atoms with Crippen LogP contribution in [0.5, 0.6) is 5.75 Å². The molecule has 0 amide bonds. The molecular weight excluding hydrogens is 351 g/mol. The summed E-state index contributed by atoms with van der Waals surface area (Å²) < 4.78 is 5.49. The molecule has 1 fully saturated rings. The molecular formula is C17H18Cl2N2O3. The van der Waals surface area contributed by atoms with Crippen LogP contribution in [0.4, 0.5) is 5.69 Å². The number of piperazine rings is 1. The van der Waals surface area contributed by atoms with Crippen molar-refractivity contribution in [2.24, 2.45) is 0 Å². The van der Waals surface area contributed by atoms with Crippen LogP contribution >= 0.6 is 23.2 Å². The SMILES string of the molecule is Cc1cc(=O)c(O)c(CN2CCN(c3ccc(Cl)c(Cl)c3)CC2)o1. The predicted octanol–water partition coefficient (Wildman–Crippen LogP) is 3.28. The van der Waals surface area contributed by atoms with Crippen molar-refractivity contribution >= 4 is 28.9 Å². The Morgan fingerprint density at radius 1 is 1.12 bits per heavy atom. The van der Waals surface area contributed by atoms with Gasteiger partial charge in [-0.3, -0.25) is 9.69 Å². The summed E-state index contributed by atoms with van der Waals surface area (Å²) in [4.78, 5) is 16.0. The molecule has 1 saturated heterocycles. The summed E-state index contributed by atoms with van der Waals surface area (Å²) in [6.45, 7) is 5.32. The maximum absolute atomic E-state index is 11.6. The second-order valence-corrected chi connectivity index (χ2v) is 6.67. The Morgan fingerprint density at radius 2 is 1.83 bits per heavy atom. The summed E-state index contributed by atoms with van der Waals surface area (Å²) in [7, 11) is 0. The number of hydrogen-bond donors (Lipinski definition) is 1. The number of hydrogen-bond acceptors (Lipinski definition) is 5. The number of halogens is 2. The first-order chi connectivity index (χ1) is 11.4. The van der Waals surface area contributed by atoms with Crippen molar-refractivity contribution in [1.82, 2.24) is 4.90 Å². The summed E-state index contributed by atoms with van der Waals surface area (Å²) in [5.41, 5.74) is 0.636. The Bertz CT molecular complexity index is 799. The van der Waals surface area contributed by atoms with E-state index in [0.717, 1.165) is 31.9 Å². The third-order valence-electron chi connectivity index (χ3n) is 4.12. The zero-order chi connectivity index (χ0) is 17.3. The van der Waals surface area contributed by atoms with Crippen molar-refractivity contribution in [3.05, 3.63) is 56.1 Å². The lowest BCUT2D eigenvalue weighted by atomic mass is 10.2. The molecule has 7 heteroatoms. The molecule has 1 aliphatic heterocycles. The number of nitrogens with zero attached hydrogens (tertiary/aromatic N) is 2. The lowest BCUT2D eigenvalue weighted by Gasteiger charge is -2.36. The second kappa shape index (κ2) is 7.05. The van der Waals surface area contributed by atoms with Gasteiger partial charge >= 0.3 is 0 Å². The van der Waals surface area contributed by atoms with Gasteiger partial charge in [0.1, 0.15) is 5.76 Å². The highest BCUT2D eigenvalue weighted by Crippen LogP contribution is 2.28. The first-order valence-corrected chi connectivity index (χ1v) is 8.44. The molecule has 0 bridgehead atoms. The highest BCUT2D eigenvalue weighted by atomic mass is 35.5. The van der Waals surface area contributed by atoms with Gasteiger partial charge in [0.15, 0.2) is 5.76 Å². The van der Waals surface area contributed by atoms with Gasteiger partial charge in [-0.05, 0) is 25.1 Å². The van der Waals surface area contributed by atoms with Gasteiger partial charge in [0.25, 0.3) is 0 Å². The Morgan fingerprint density at radius 3 is 2.50 bits per heavy atom. The van der Waals surface area contributed by atoms with Crippen LogP contribution in [-0.2, 0) is 6.54 Å². The maximum Gasteiger partial charge on any atom is 0.227 e. The lowest BCUT2D eigenvalue weighted by molar-refractivity contribution is 0.220. The van der Waals surface area contributed by atoms with E-state index in [-0.39, 0.29) is 5.75 Å². The van der Waals surface area contributed by atoms with Crippen molar-refractivity contribution < 1.29 is 9.52 Å². The first-order valence-electron chi connectivity index (χ1n) is 7.69. The monoisotopic (exact) mass is 368 g/mol. The molecule has 1 aromatic heterocycles. The minimum absolute atomic E-state index is 0.299. The van der Waals surface area contributed by atoms with E-state index in [9.17, 15) is 9.90 Å². The molecule has 0 atom stereocenters. The molecule has 1 N–H and O–H groups in total. The van der Waals surface area contributed by atoms with Crippen molar-refractivity contribution in [3.63, 3.8) is 0 Å². The summed E-state index contributed by atoms with van der Waals surface area (Å²) in [5.74, 6) is 0.526. The lowest BCUT2D eigenvalue weighted by Crippen LogP contribution is -2.46. The fourth-order valence-corrected chi connectivity index (χ4v) is 3.11. The van der Waals surface area contributed by atoms with Gasteiger partial charge in [-0.1, -0.05) is 23.2 Å². The highest BCUT2D eigenvalue weighted by Gasteiger charge is 2.20. The number of benzene rings is 1. The topological polar surface area (TPSA) is 56.9 Å². The quantitative estimate of drug-likeness (QED) is 0.900. The Balaban J connectivity index is 1.65. The van der Waals surface area contributed by atoms with Crippen LogP contribution in [-0.4, -0.2) is 36.2 Å². The predicted molar refractivity (Wildman–Crippen MR) is 95.3 cm³/mol. The van der Waals surface area contributed by atoms with E-state index in [2.05, 4.69) is 9.80 Å². The molecule has 5 nitrogen and oxygen atoms in total. The van der Waals surface area contributed by atoms with Crippen molar-refractivity contribution in [2.45, 2.75) is 13.5 Å². The van der Waals surface area contributed by atoms with Gasteiger partial charge in [0.05, 0.1) is 16.6 Å². The largest absolute Gasteiger partial charge is 0.502 e. The summed E-state index contributed by atoms with van der Waals surface area (Å²) in [5, 5.41) is 11.0. The Hall–Kier alpha value is -1.69.